The van der Waals surface area contributed by atoms with Crippen molar-refractivity contribution >= 4 is 22.5 Å². The molecule has 0 unspecified atom stereocenters. The molecule has 112 valence electrons. The zero-order valence-corrected chi connectivity index (χ0v) is 12.8. The molecule has 0 saturated carbocycles. The van der Waals surface area contributed by atoms with E-state index in [0.29, 0.717) is 10.9 Å². The predicted octanol–water partition coefficient (Wildman–Crippen LogP) is 3.97. The van der Waals surface area contributed by atoms with Gasteiger partial charge in [-0.2, -0.15) is 0 Å². The lowest BCUT2D eigenvalue weighted by molar-refractivity contribution is 0.0856. The lowest BCUT2D eigenvalue weighted by atomic mass is 9.92. The second-order valence-electron chi connectivity index (χ2n) is 5.57. The molecule has 3 aromatic rings. The first-order valence-corrected chi connectivity index (χ1v) is 7.85. The first-order valence-electron chi connectivity index (χ1n) is 7.47. The molecule has 0 atom stereocenters. The molecule has 5 heteroatoms. The monoisotopic (exact) mass is 313 g/mol. The molecule has 0 aromatic carbocycles. The van der Waals surface area contributed by atoms with Gasteiger partial charge in [0.25, 0.3) is 0 Å². The fourth-order valence-electron chi connectivity index (χ4n) is 3.13. The van der Waals surface area contributed by atoms with Gasteiger partial charge in [-0.15, -0.1) is 0 Å². The molecule has 1 saturated heterocycles. The lowest BCUT2D eigenvalue weighted by Crippen LogP contribution is -2.13. The summed E-state index contributed by atoms with van der Waals surface area (Å²) in [6, 6.07) is 5.88. The second kappa shape index (κ2) is 5.71. The smallest absolute Gasteiger partial charge is 0.137 e. The molecule has 1 aliphatic heterocycles. The number of rotatable bonds is 2. The minimum Gasteiger partial charge on any atom is -0.381 e. The first-order chi connectivity index (χ1) is 10.8. The molecule has 0 radical (unpaired) electrons. The number of hydrogen-bond donors (Lipinski definition) is 0. The Hall–Kier alpha value is -1.91. The summed E-state index contributed by atoms with van der Waals surface area (Å²) in [5.41, 5.74) is 2.44. The molecule has 1 aliphatic rings. The van der Waals surface area contributed by atoms with Gasteiger partial charge in [-0.1, -0.05) is 11.6 Å². The normalized spacial score (nSPS) is 16.2. The number of pyridine rings is 2. The molecule has 0 spiro atoms. The van der Waals surface area contributed by atoms with Crippen LogP contribution in [0.5, 0.6) is 0 Å². The van der Waals surface area contributed by atoms with Gasteiger partial charge in [-0.3, -0.25) is 9.55 Å². The third kappa shape index (κ3) is 2.38. The highest BCUT2D eigenvalue weighted by atomic mass is 35.5. The SMILES string of the molecule is Clc1ccc(-n2cc(C3CCOCC3)c3ccncc32)nc1. The quantitative estimate of drug-likeness (QED) is 0.718. The predicted molar refractivity (Wildman–Crippen MR) is 86.7 cm³/mol. The van der Waals surface area contributed by atoms with Crippen LogP contribution in [-0.4, -0.2) is 27.7 Å². The van der Waals surface area contributed by atoms with Gasteiger partial charge in [0.1, 0.15) is 5.82 Å². The van der Waals surface area contributed by atoms with Gasteiger partial charge in [0.15, 0.2) is 0 Å². The van der Waals surface area contributed by atoms with Crippen molar-refractivity contribution in [2.75, 3.05) is 13.2 Å². The summed E-state index contributed by atoms with van der Waals surface area (Å²) < 4.78 is 7.59. The Labute approximate surface area is 133 Å². The first kappa shape index (κ1) is 13.7. The fourth-order valence-corrected chi connectivity index (χ4v) is 3.25. The van der Waals surface area contributed by atoms with Gasteiger partial charge >= 0.3 is 0 Å². The van der Waals surface area contributed by atoms with Crippen LogP contribution in [-0.2, 0) is 4.74 Å². The Morgan fingerprint density at radius 1 is 1.14 bits per heavy atom. The largest absolute Gasteiger partial charge is 0.381 e. The van der Waals surface area contributed by atoms with Gasteiger partial charge in [0, 0.05) is 37.2 Å². The van der Waals surface area contributed by atoms with E-state index in [-0.39, 0.29) is 0 Å². The number of ether oxygens (including phenoxy) is 1. The molecule has 22 heavy (non-hydrogen) atoms. The third-order valence-corrected chi connectivity index (χ3v) is 4.48. The van der Waals surface area contributed by atoms with Crippen LogP contribution in [0.1, 0.15) is 24.3 Å². The van der Waals surface area contributed by atoms with E-state index < -0.39 is 0 Å². The van der Waals surface area contributed by atoms with E-state index in [1.165, 1.54) is 10.9 Å². The van der Waals surface area contributed by atoms with Crippen molar-refractivity contribution in [2.45, 2.75) is 18.8 Å². The summed E-state index contributed by atoms with van der Waals surface area (Å²) in [5, 5.41) is 1.89. The minimum atomic E-state index is 0.534. The zero-order valence-electron chi connectivity index (χ0n) is 12.1. The van der Waals surface area contributed by atoms with Crippen LogP contribution in [0.2, 0.25) is 5.02 Å². The topological polar surface area (TPSA) is 39.9 Å². The van der Waals surface area contributed by atoms with Gasteiger partial charge in [-0.05, 0) is 42.5 Å². The van der Waals surface area contributed by atoms with Crippen LogP contribution in [0.25, 0.3) is 16.7 Å². The van der Waals surface area contributed by atoms with Gasteiger partial charge in [-0.25, -0.2) is 4.98 Å². The lowest BCUT2D eigenvalue weighted by Gasteiger charge is -2.21. The minimum absolute atomic E-state index is 0.534. The fraction of sp³-hybridized carbons (Fsp3) is 0.294. The van der Waals surface area contributed by atoms with Crippen LogP contribution >= 0.6 is 11.6 Å². The molecule has 0 amide bonds. The highest BCUT2D eigenvalue weighted by Gasteiger charge is 2.21. The molecular formula is C17H16ClN3O. The molecule has 1 fully saturated rings. The molecule has 0 aliphatic carbocycles. The summed E-state index contributed by atoms with van der Waals surface area (Å²) >= 11 is 5.95. The maximum absolute atomic E-state index is 5.95. The molecule has 0 N–H and O–H groups in total. The summed E-state index contributed by atoms with van der Waals surface area (Å²) in [7, 11) is 0. The van der Waals surface area contributed by atoms with Crippen molar-refractivity contribution in [1.82, 2.24) is 14.5 Å². The maximum atomic E-state index is 5.95. The van der Waals surface area contributed by atoms with Crippen molar-refractivity contribution in [3.8, 4) is 5.82 Å². The number of aromatic nitrogens is 3. The summed E-state index contributed by atoms with van der Waals surface area (Å²) in [4.78, 5) is 8.71. The highest BCUT2D eigenvalue weighted by Crippen LogP contribution is 2.34. The highest BCUT2D eigenvalue weighted by molar-refractivity contribution is 6.30. The van der Waals surface area contributed by atoms with E-state index in [1.54, 1.807) is 6.20 Å². The summed E-state index contributed by atoms with van der Waals surface area (Å²) in [6.07, 6.45) is 9.75. The number of fused-ring (bicyclic) bond motifs is 1. The van der Waals surface area contributed by atoms with Crippen molar-refractivity contribution in [1.29, 1.82) is 0 Å². The van der Waals surface area contributed by atoms with E-state index >= 15 is 0 Å². The maximum Gasteiger partial charge on any atom is 0.137 e. The van der Waals surface area contributed by atoms with E-state index in [1.807, 2.05) is 24.5 Å². The van der Waals surface area contributed by atoms with Crippen LogP contribution in [0.4, 0.5) is 0 Å². The van der Waals surface area contributed by atoms with Crippen molar-refractivity contribution in [3.05, 3.63) is 53.6 Å². The molecule has 3 aromatic heterocycles. The number of nitrogens with zero attached hydrogens (tertiary/aromatic N) is 3. The average molecular weight is 314 g/mol. The Balaban J connectivity index is 1.86. The van der Waals surface area contributed by atoms with Gasteiger partial charge < -0.3 is 4.74 Å². The molecule has 4 heterocycles. The molecule has 0 bridgehead atoms. The number of hydrogen-bond acceptors (Lipinski definition) is 3. The van der Waals surface area contributed by atoms with Crippen molar-refractivity contribution < 1.29 is 4.74 Å². The van der Waals surface area contributed by atoms with Crippen LogP contribution in [0.15, 0.2) is 43.0 Å². The zero-order chi connectivity index (χ0) is 14.9. The molecule has 4 nitrogen and oxygen atoms in total. The van der Waals surface area contributed by atoms with E-state index in [9.17, 15) is 0 Å². The molecule has 4 rings (SSSR count). The Morgan fingerprint density at radius 3 is 2.77 bits per heavy atom. The third-order valence-electron chi connectivity index (χ3n) is 4.26. The summed E-state index contributed by atoms with van der Waals surface area (Å²) in [5.74, 6) is 1.40. The van der Waals surface area contributed by atoms with E-state index in [2.05, 4.69) is 26.8 Å². The van der Waals surface area contributed by atoms with E-state index in [4.69, 9.17) is 16.3 Å². The van der Waals surface area contributed by atoms with Crippen molar-refractivity contribution in [2.24, 2.45) is 0 Å². The van der Waals surface area contributed by atoms with Crippen LogP contribution in [0, 0.1) is 0 Å². The van der Waals surface area contributed by atoms with Gasteiger partial charge in [0.05, 0.1) is 16.7 Å². The molecular weight excluding hydrogens is 298 g/mol. The second-order valence-corrected chi connectivity index (χ2v) is 6.00. The van der Waals surface area contributed by atoms with Crippen LogP contribution in [0.3, 0.4) is 0 Å². The van der Waals surface area contributed by atoms with Crippen LogP contribution < -0.4 is 0 Å². The Kier molecular flexibility index (Phi) is 3.56. The van der Waals surface area contributed by atoms with E-state index in [0.717, 1.165) is 37.4 Å². The Bertz CT molecular complexity index is 791. The average Bonchev–Trinajstić information content (AvgIpc) is 2.96. The van der Waals surface area contributed by atoms with Gasteiger partial charge in [0.2, 0.25) is 0 Å². The van der Waals surface area contributed by atoms with Crippen molar-refractivity contribution in [3.63, 3.8) is 0 Å². The number of halogens is 1. The summed E-state index contributed by atoms with van der Waals surface area (Å²) in [6.45, 7) is 1.67. The standard InChI is InChI=1S/C17H16ClN3O/c18-13-1-2-17(20-9-13)21-11-15(12-4-7-22-8-5-12)14-3-6-19-10-16(14)21/h1-3,6,9-12H,4-5,7-8H2. The Morgan fingerprint density at radius 2 is 2.00 bits per heavy atom.